The van der Waals surface area contributed by atoms with E-state index in [-0.39, 0.29) is 0 Å². The Morgan fingerprint density at radius 1 is 1.28 bits per heavy atom. The number of nitrogens with one attached hydrogen (secondary N) is 1. The van der Waals surface area contributed by atoms with Crippen molar-refractivity contribution in [3.63, 3.8) is 0 Å². The number of fused-ring (bicyclic) bond motifs is 1. The lowest BCUT2D eigenvalue weighted by molar-refractivity contribution is 0.970. The third-order valence-corrected chi connectivity index (χ3v) is 3.67. The maximum atomic E-state index is 4.74. The van der Waals surface area contributed by atoms with Crippen LogP contribution in [0.2, 0.25) is 0 Å². The molecule has 18 heavy (non-hydrogen) atoms. The van der Waals surface area contributed by atoms with Crippen LogP contribution in [0.5, 0.6) is 0 Å². The van der Waals surface area contributed by atoms with E-state index in [1.165, 1.54) is 22.3 Å². The lowest BCUT2D eigenvalue weighted by atomic mass is 10.1. The Labute approximate surface area is 117 Å². The molecule has 2 nitrogen and oxygen atoms in total. The Bertz CT molecular complexity index is 564. The van der Waals surface area contributed by atoms with Crippen molar-refractivity contribution in [2.24, 2.45) is 0 Å². The molecule has 0 saturated heterocycles. The summed E-state index contributed by atoms with van der Waals surface area (Å²) in [6.07, 6.45) is 2.09. The van der Waals surface area contributed by atoms with E-state index in [0.717, 1.165) is 29.4 Å². The molecule has 1 N–H and O–H groups in total. The fraction of sp³-hybridized carbons (Fsp3) is 0.400. The lowest BCUT2D eigenvalue weighted by Gasteiger charge is -2.15. The minimum Gasteiger partial charge on any atom is -0.384 e. The highest BCUT2D eigenvalue weighted by molar-refractivity contribution is 9.10. The Morgan fingerprint density at radius 3 is 2.72 bits per heavy atom. The van der Waals surface area contributed by atoms with Gasteiger partial charge in [0.25, 0.3) is 0 Å². The third-order valence-electron chi connectivity index (χ3n) is 3.18. The zero-order chi connectivity index (χ0) is 13.1. The van der Waals surface area contributed by atoms with Crippen molar-refractivity contribution in [2.45, 2.75) is 33.6 Å². The molecule has 0 fully saturated rings. The SMILES string of the molecule is CCCNc1c(C)c(CC)nc2ccc(Br)cc12. The van der Waals surface area contributed by atoms with E-state index < -0.39 is 0 Å². The predicted octanol–water partition coefficient (Wildman–Crippen LogP) is 4.69. The summed E-state index contributed by atoms with van der Waals surface area (Å²) in [5, 5.41) is 4.75. The molecule has 0 aliphatic carbocycles. The summed E-state index contributed by atoms with van der Waals surface area (Å²) < 4.78 is 1.10. The molecule has 0 atom stereocenters. The normalized spacial score (nSPS) is 10.9. The molecular formula is C15H19BrN2. The van der Waals surface area contributed by atoms with Gasteiger partial charge in [-0.05, 0) is 43.5 Å². The lowest BCUT2D eigenvalue weighted by Crippen LogP contribution is -2.05. The largest absolute Gasteiger partial charge is 0.384 e. The predicted molar refractivity (Wildman–Crippen MR) is 82.3 cm³/mol. The summed E-state index contributed by atoms with van der Waals surface area (Å²) in [6.45, 7) is 7.49. The van der Waals surface area contributed by atoms with Gasteiger partial charge in [0.15, 0.2) is 0 Å². The fourth-order valence-electron chi connectivity index (χ4n) is 2.20. The molecule has 1 heterocycles. The Morgan fingerprint density at radius 2 is 2.06 bits per heavy atom. The molecule has 3 heteroatoms. The zero-order valence-electron chi connectivity index (χ0n) is 11.2. The number of benzene rings is 1. The first-order chi connectivity index (χ1) is 8.67. The molecule has 2 aromatic rings. The van der Waals surface area contributed by atoms with E-state index in [1.807, 2.05) is 6.07 Å². The molecular weight excluding hydrogens is 288 g/mol. The summed E-state index contributed by atoms with van der Waals surface area (Å²) in [5.74, 6) is 0. The molecule has 96 valence electrons. The van der Waals surface area contributed by atoms with Gasteiger partial charge in [-0.25, -0.2) is 0 Å². The van der Waals surface area contributed by atoms with E-state index >= 15 is 0 Å². The Balaban J connectivity index is 2.66. The molecule has 0 aliphatic rings. The van der Waals surface area contributed by atoms with Crippen LogP contribution in [0.25, 0.3) is 10.9 Å². The van der Waals surface area contributed by atoms with Crippen molar-refractivity contribution in [3.05, 3.63) is 33.9 Å². The van der Waals surface area contributed by atoms with Gasteiger partial charge in [-0.15, -0.1) is 0 Å². The summed E-state index contributed by atoms with van der Waals surface area (Å²) in [4.78, 5) is 4.74. The number of halogens is 1. The summed E-state index contributed by atoms with van der Waals surface area (Å²) >= 11 is 3.54. The minimum atomic E-state index is 0.971. The van der Waals surface area contributed by atoms with Gasteiger partial charge in [-0.1, -0.05) is 29.8 Å². The molecule has 1 aromatic carbocycles. The van der Waals surface area contributed by atoms with Crippen LogP contribution in [-0.2, 0) is 6.42 Å². The van der Waals surface area contributed by atoms with Crippen LogP contribution in [0.1, 0.15) is 31.5 Å². The monoisotopic (exact) mass is 306 g/mol. The number of aryl methyl sites for hydroxylation is 1. The van der Waals surface area contributed by atoms with E-state index in [0.29, 0.717) is 0 Å². The maximum Gasteiger partial charge on any atom is 0.0727 e. The zero-order valence-corrected chi connectivity index (χ0v) is 12.8. The van der Waals surface area contributed by atoms with Crippen LogP contribution in [0.15, 0.2) is 22.7 Å². The first-order valence-electron chi connectivity index (χ1n) is 6.50. The molecule has 0 aliphatic heterocycles. The van der Waals surface area contributed by atoms with Crippen molar-refractivity contribution < 1.29 is 0 Å². The molecule has 0 saturated carbocycles. The van der Waals surface area contributed by atoms with Crippen molar-refractivity contribution in [2.75, 3.05) is 11.9 Å². The number of rotatable bonds is 4. The molecule has 0 radical (unpaired) electrons. The maximum absolute atomic E-state index is 4.74. The van der Waals surface area contributed by atoms with Gasteiger partial charge in [-0.2, -0.15) is 0 Å². The van der Waals surface area contributed by atoms with Crippen LogP contribution in [0.4, 0.5) is 5.69 Å². The van der Waals surface area contributed by atoms with Gasteiger partial charge in [0.2, 0.25) is 0 Å². The molecule has 2 rings (SSSR count). The summed E-state index contributed by atoms with van der Waals surface area (Å²) in [5.41, 5.74) is 4.76. The van der Waals surface area contributed by atoms with Crippen molar-refractivity contribution in [1.82, 2.24) is 4.98 Å². The number of nitrogens with zero attached hydrogens (tertiary/aromatic N) is 1. The second-order valence-corrected chi connectivity index (χ2v) is 5.42. The number of aromatic nitrogens is 1. The molecule has 0 amide bonds. The topological polar surface area (TPSA) is 24.9 Å². The second-order valence-electron chi connectivity index (χ2n) is 4.50. The summed E-state index contributed by atoms with van der Waals surface area (Å²) in [6, 6.07) is 6.27. The number of pyridine rings is 1. The standard InChI is InChI=1S/C15H19BrN2/c1-4-8-17-15-10(3)13(5-2)18-14-7-6-11(16)9-12(14)15/h6-7,9H,4-5,8H2,1-3H3,(H,17,18). The highest BCUT2D eigenvalue weighted by Crippen LogP contribution is 2.30. The van der Waals surface area contributed by atoms with Crippen molar-refractivity contribution in [1.29, 1.82) is 0 Å². The van der Waals surface area contributed by atoms with Crippen LogP contribution < -0.4 is 5.32 Å². The Kier molecular flexibility index (Phi) is 4.23. The van der Waals surface area contributed by atoms with Crippen molar-refractivity contribution >= 4 is 32.5 Å². The number of hydrogen-bond donors (Lipinski definition) is 1. The van der Waals surface area contributed by atoms with Gasteiger partial charge in [0.1, 0.15) is 0 Å². The number of hydrogen-bond acceptors (Lipinski definition) is 2. The number of anilines is 1. The van der Waals surface area contributed by atoms with Gasteiger partial charge in [0, 0.05) is 27.8 Å². The molecule has 1 aromatic heterocycles. The van der Waals surface area contributed by atoms with Gasteiger partial charge in [0.05, 0.1) is 5.52 Å². The molecule has 0 bridgehead atoms. The first-order valence-corrected chi connectivity index (χ1v) is 7.29. The second kappa shape index (κ2) is 5.70. The molecule has 0 unspecified atom stereocenters. The van der Waals surface area contributed by atoms with Crippen LogP contribution >= 0.6 is 15.9 Å². The fourth-order valence-corrected chi connectivity index (χ4v) is 2.56. The Hall–Kier alpha value is -1.09. The van der Waals surface area contributed by atoms with Gasteiger partial charge < -0.3 is 5.32 Å². The molecule has 0 spiro atoms. The minimum absolute atomic E-state index is 0.971. The highest BCUT2D eigenvalue weighted by Gasteiger charge is 2.10. The third kappa shape index (κ3) is 2.51. The van der Waals surface area contributed by atoms with Crippen LogP contribution in [0.3, 0.4) is 0 Å². The smallest absolute Gasteiger partial charge is 0.0727 e. The van der Waals surface area contributed by atoms with Crippen LogP contribution in [0, 0.1) is 6.92 Å². The van der Waals surface area contributed by atoms with Gasteiger partial charge >= 0.3 is 0 Å². The summed E-state index contributed by atoms with van der Waals surface area (Å²) in [7, 11) is 0. The van der Waals surface area contributed by atoms with E-state index in [9.17, 15) is 0 Å². The van der Waals surface area contributed by atoms with E-state index in [1.54, 1.807) is 0 Å². The van der Waals surface area contributed by atoms with Crippen molar-refractivity contribution in [3.8, 4) is 0 Å². The van der Waals surface area contributed by atoms with Crippen LogP contribution in [-0.4, -0.2) is 11.5 Å². The van der Waals surface area contributed by atoms with E-state index in [4.69, 9.17) is 4.98 Å². The van der Waals surface area contributed by atoms with E-state index in [2.05, 4.69) is 54.2 Å². The highest BCUT2D eigenvalue weighted by atomic mass is 79.9. The average molecular weight is 307 g/mol. The van der Waals surface area contributed by atoms with Gasteiger partial charge in [-0.3, -0.25) is 4.98 Å². The quantitative estimate of drug-likeness (QED) is 0.886. The average Bonchev–Trinajstić information content (AvgIpc) is 2.37. The first kappa shape index (κ1) is 13.3.